The largest absolute Gasteiger partial charge is 0.493 e. The van der Waals surface area contributed by atoms with Gasteiger partial charge in [-0.2, -0.15) is 5.26 Å². The SMILES string of the molecule is CN(C)C(=O)CCCOc1ccc(C#N)c(F)c1. The van der Waals surface area contributed by atoms with Crippen LogP contribution in [-0.2, 0) is 4.79 Å². The Bertz CT molecular complexity index is 467. The standard InChI is InChI=1S/C13H15FN2O2/c1-16(2)13(17)4-3-7-18-11-6-5-10(9-15)12(14)8-11/h5-6,8H,3-4,7H2,1-2H3. The number of rotatable bonds is 5. The third-order valence-corrected chi connectivity index (χ3v) is 2.36. The highest BCUT2D eigenvalue weighted by Gasteiger charge is 2.05. The molecule has 0 saturated heterocycles. The first-order valence-electron chi connectivity index (χ1n) is 5.57. The smallest absolute Gasteiger partial charge is 0.222 e. The van der Waals surface area contributed by atoms with Crippen molar-refractivity contribution in [2.75, 3.05) is 20.7 Å². The van der Waals surface area contributed by atoms with Gasteiger partial charge in [-0.25, -0.2) is 4.39 Å². The van der Waals surface area contributed by atoms with Gasteiger partial charge in [0, 0.05) is 26.6 Å². The second-order valence-electron chi connectivity index (χ2n) is 3.99. The van der Waals surface area contributed by atoms with Crippen LogP contribution in [0.15, 0.2) is 18.2 Å². The van der Waals surface area contributed by atoms with Crippen molar-refractivity contribution in [1.29, 1.82) is 5.26 Å². The van der Waals surface area contributed by atoms with E-state index in [1.54, 1.807) is 20.2 Å². The number of amides is 1. The molecule has 0 aliphatic carbocycles. The fraction of sp³-hybridized carbons (Fsp3) is 0.385. The van der Waals surface area contributed by atoms with Crippen LogP contribution in [0.25, 0.3) is 0 Å². The topological polar surface area (TPSA) is 53.3 Å². The first-order valence-corrected chi connectivity index (χ1v) is 5.57. The van der Waals surface area contributed by atoms with Crippen LogP contribution in [0.4, 0.5) is 4.39 Å². The van der Waals surface area contributed by atoms with Crippen molar-refractivity contribution >= 4 is 5.91 Å². The summed E-state index contributed by atoms with van der Waals surface area (Å²) in [6.45, 7) is 0.338. The third kappa shape index (κ3) is 4.06. The number of hydrogen-bond acceptors (Lipinski definition) is 3. The van der Waals surface area contributed by atoms with Crippen molar-refractivity contribution in [2.45, 2.75) is 12.8 Å². The summed E-state index contributed by atoms with van der Waals surface area (Å²) < 4.78 is 18.5. The summed E-state index contributed by atoms with van der Waals surface area (Å²) in [5.41, 5.74) is -0.00913. The molecule has 0 bridgehead atoms. The summed E-state index contributed by atoms with van der Waals surface area (Å²) >= 11 is 0. The maximum atomic E-state index is 13.2. The fourth-order valence-corrected chi connectivity index (χ4v) is 1.31. The lowest BCUT2D eigenvalue weighted by Gasteiger charge is -2.10. The number of carbonyl (C=O) groups excluding carboxylic acids is 1. The predicted molar refractivity (Wildman–Crippen MR) is 64.5 cm³/mol. The average Bonchev–Trinajstić information content (AvgIpc) is 2.34. The Morgan fingerprint density at radius 2 is 2.22 bits per heavy atom. The summed E-state index contributed by atoms with van der Waals surface area (Å²) in [5.74, 6) is -0.201. The van der Waals surface area contributed by atoms with Gasteiger partial charge >= 0.3 is 0 Å². The molecule has 96 valence electrons. The number of nitriles is 1. The molecule has 0 radical (unpaired) electrons. The van der Waals surface area contributed by atoms with E-state index in [2.05, 4.69) is 0 Å². The molecule has 1 aromatic carbocycles. The van der Waals surface area contributed by atoms with E-state index in [1.807, 2.05) is 0 Å². The minimum Gasteiger partial charge on any atom is -0.493 e. The lowest BCUT2D eigenvalue weighted by Crippen LogP contribution is -2.21. The first-order chi connectivity index (χ1) is 8.54. The summed E-state index contributed by atoms with van der Waals surface area (Å²) in [7, 11) is 3.39. The van der Waals surface area contributed by atoms with E-state index in [0.29, 0.717) is 25.2 Å². The van der Waals surface area contributed by atoms with Crippen LogP contribution in [0.3, 0.4) is 0 Å². The van der Waals surface area contributed by atoms with Gasteiger partial charge in [0.15, 0.2) is 0 Å². The molecule has 0 saturated carbocycles. The monoisotopic (exact) mass is 250 g/mol. The zero-order valence-corrected chi connectivity index (χ0v) is 10.4. The van der Waals surface area contributed by atoms with Gasteiger partial charge in [0.1, 0.15) is 17.6 Å². The molecule has 0 aromatic heterocycles. The Labute approximate surface area is 106 Å². The molecule has 0 fully saturated rings. The van der Waals surface area contributed by atoms with Crippen molar-refractivity contribution in [3.05, 3.63) is 29.6 Å². The number of nitrogens with zero attached hydrogens (tertiary/aromatic N) is 2. The Morgan fingerprint density at radius 3 is 2.78 bits per heavy atom. The van der Waals surface area contributed by atoms with Crippen molar-refractivity contribution < 1.29 is 13.9 Å². The van der Waals surface area contributed by atoms with Gasteiger partial charge in [0.2, 0.25) is 5.91 Å². The van der Waals surface area contributed by atoms with Crippen molar-refractivity contribution in [1.82, 2.24) is 4.90 Å². The van der Waals surface area contributed by atoms with Crippen LogP contribution in [0.1, 0.15) is 18.4 Å². The zero-order valence-electron chi connectivity index (χ0n) is 10.4. The number of hydrogen-bond donors (Lipinski definition) is 0. The van der Waals surface area contributed by atoms with Gasteiger partial charge in [-0.1, -0.05) is 0 Å². The van der Waals surface area contributed by atoms with Gasteiger partial charge in [-0.05, 0) is 18.6 Å². The molecular weight excluding hydrogens is 235 g/mol. The Balaban J connectivity index is 2.39. The summed E-state index contributed by atoms with van der Waals surface area (Å²) in [6, 6.07) is 5.82. The first kappa shape index (κ1) is 14.0. The van der Waals surface area contributed by atoms with Crippen LogP contribution < -0.4 is 4.74 Å². The van der Waals surface area contributed by atoms with Crippen LogP contribution in [0.2, 0.25) is 0 Å². The van der Waals surface area contributed by atoms with E-state index < -0.39 is 5.82 Å². The number of halogens is 1. The quantitative estimate of drug-likeness (QED) is 0.750. The van der Waals surface area contributed by atoms with Gasteiger partial charge in [-0.15, -0.1) is 0 Å². The molecule has 0 spiro atoms. The number of benzene rings is 1. The lowest BCUT2D eigenvalue weighted by molar-refractivity contribution is -0.128. The number of ether oxygens (including phenoxy) is 1. The van der Waals surface area contributed by atoms with E-state index in [9.17, 15) is 9.18 Å². The highest BCUT2D eigenvalue weighted by atomic mass is 19.1. The summed E-state index contributed by atoms with van der Waals surface area (Å²) in [4.78, 5) is 12.8. The molecule has 0 atom stereocenters. The van der Waals surface area contributed by atoms with Gasteiger partial charge < -0.3 is 9.64 Å². The third-order valence-electron chi connectivity index (χ3n) is 2.36. The van der Waals surface area contributed by atoms with Crippen LogP contribution in [0.5, 0.6) is 5.75 Å². The van der Waals surface area contributed by atoms with Crippen molar-refractivity contribution in [2.24, 2.45) is 0 Å². The van der Waals surface area contributed by atoms with E-state index in [4.69, 9.17) is 10.00 Å². The van der Waals surface area contributed by atoms with Gasteiger partial charge in [0.05, 0.1) is 12.2 Å². The van der Waals surface area contributed by atoms with E-state index in [0.717, 1.165) is 0 Å². The Morgan fingerprint density at radius 1 is 1.50 bits per heavy atom. The Hall–Kier alpha value is -2.09. The lowest BCUT2D eigenvalue weighted by atomic mass is 10.2. The van der Waals surface area contributed by atoms with Crippen molar-refractivity contribution in [3.63, 3.8) is 0 Å². The molecular formula is C13H15FN2O2. The molecule has 0 aliphatic heterocycles. The van der Waals surface area contributed by atoms with Gasteiger partial charge in [0.25, 0.3) is 0 Å². The normalized spacial score (nSPS) is 9.67. The molecule has 4 nitrogen and oxygen atoms in total. The molecule has 0 unspecified atom stereocenters. The van der Waals surface area contributed by atoms with Gasteiger partial charge in [-0.3, -0.25) is 4.79 Å². The molecule has 1 amide bonds. The van der Waals surface area contributed by atoms with Crippen molar-refractivity contribution in [3.8, 4) is 11.8 Å². The predicted octanol–water partition coefficient (Wildman–Crippen LogP) is 1.94. The van der Waals surface area contributed by atoms with Crippen LogP contribution >= 0.6 is 0 Å². The van der Waals surface area contributed by atoms with E-state index in [1.165, 1.54) is 23.1 Å². The second-order valence-corrected chi connectivity index (χ2v) is 3.99. The Kier molecular flexibility index (Phi) is 5.12. The summed E-state index contributed by atoms with van der Waals surface area (Å²) in [5, 5.41) is 8.56. The molecule has 0 N–H and O–H groups in total. The highest BCUT2D eigenvalue weighted by Crippen LogP contribution is 2.16. The molecule has 5 heteroatoms. The average molecular weight is 250 g/mol. The molecule has 1 rings (SSSR count). The second kappa shape index (κ2) is 6.60. The maximum absolute atomic E-state index is 13.2. The molecule has 0 aliphatic rings. The minimum absolute atomic E-state index is 0.00913. The fourth-order valence-electron chi connectivity index (χ4n) is 1.31. The van der Waals surface area contributed by atoms with Crippen LogP contribution in [0, 0.1) is 17.1 Å². The summed E-state index contributed by atoms with van der Waals surface area (Å²) in [6.07, 6.45) is 0.963. The zero-order chi connectivity index (χ0) is 13.5. The molecule has 0 heterocycles. The maximum Gasteiger partial charge on any atom is 0.222 e. The number of carbonyl (C=O) groups is 1. The molecule has 1 aromatic rings. The van der Waals surface area contributed by atoms with Crippen LogP contribution in [-0.4, -0.2) is 31.5 Å². The minimum atomic E-state index is -0.598. The highest BCUT2D eigenvalue weighted by molar-refractivity contribution is 5.75. The molecule has 18 heavy (non-hydrogen) atoms. The van der Waals surface area contributed by atoms with E-state index >= 15 is 0 Å². The van der Waals surface area contributed by atoms with E-state index in [-0.39, 0.29) is 11.5 Å².